The van der Waals surface area contributed by atoms with E-state index in [1.54, 1.807) is 0 Å². The van der Waals surface area contributed by atoms with Gasteiger partial charge in [0.1, 0.15) is 0 Å². The van der Waals surface area contributed by atoms with Crippen molar-refractivity contribution in [3.8, 4) is 22.9 Å². The van der Waals surface area contributed by atoms with E-state index in [0.29, 0.717) is 12.6 Å². The van der Waals surface area contributed by atoms with Crippen LogP contribution in [0.4, 0.5) is 0 Å². The number of ether oxygens (including phenoxy) is 2. The Hall–Kier alpha value is -2.64. The monoisotopic (exact) mass is 462 g/mol. The van der Waals surface area contributed by atoms with Gasteiger partial charge in [-0.05, 0) is 61.5 Å². The van der Waals surface area contributed by atoms with Crippen LogP contribution in [0.3, 0.4) is 0 Å². The Bertz CT molecular complexity index is 1190. The summed E-state index contributed by atoms with van der Waals surface area (Å²) in [5.74, 6) is 3.35. The lowest BCUT2D eigenvalue weighted by Crippen LogP contribution is -2.47. The quantitative estimate of drug-likeness (QED) is 0.471. The molecule has 0 bridgehead atoms. The highest BCUT2D eigenvalue weighted by Crippen LogP contribution is 2.36. The largest absolute Gasteiger partial charge is 0.454 e. The summed E-state index contributed by atoms with van der Waals surface area (Å²) in [5.41, 5.74) is 2.20. The van der Waals surface area contributed by atoms with Gasteiger partial charge in [-0.3, -0.25) is 9.47 Å². The highest BCUT2D eigenvalue weighted by atomic mass is 32.1. The van der Waals surface area contributed by atoms with Gasteiger partial charge in [0.15, 0.2) is 22.1 Å². The normalized spacial score (nSPS) is 22.3. The maximum absolute atomic E-state index is 6.01. The maximum Gasteiger partial charge on any atom is 0.231 e. The first-order valence-electron chi connectivity index (χ1n) is 12.1. The van der Waals surface area contributed by atoms with Crippen LogP contribution < -0.4 is 9.47 Å². The average Bonchev–Trinajstić information content (AvgIpc) is 3.45. The van der Waals surface area contributed by atoms with E-state index < -0.39 is 0 Å². The van der Waals surface area contributed by atoms with Crippen molar-refractivity contribution in [2.45, 2.75) is 57.8 Å². The van der Waals surface area contributed by atoms with Crippen LogP contribution in [0.25, 0.3) is 11.4 Å². The number of fused-ring (bicyclic) bond motifs is 2. The zero-order chi connectivity index (χ0) is 22.2. The Kier molecular flexibility index (Phi) is 5.68. The van der Waals surface area contributed by atoms with Crippen molar-refractivity contribution < 1.29 is 9.47 Å². The van der Waals surface area contributed by atoms with Crippen molar-refractivity contribution in [2.24, 2.45) is 5.92 Å². The number of piperidine rings is 1. The summed E-state index contributed by atoms with van der Waals surface area (Å²) in [6.45, 7) is 2.84. The summed E-state index contributed by atoms with van der Waals surface area (Å²) in [4.78, 5) is 2.63. The first-order chi connectivity index (χ1) is 16.3. The topological polar surface area (TPSA) is 44.5 Å². The van der Waals surface area contributed by atoms with Gasteiger partial charge in [0.2, 0.25) is 6.79 Å². The summed E-state index contributed by atoms with van der Waals surface area (Å²) < 4.78 is 16.0. The molecule has 7 heteroatoms. The molecule has 2 atom stereocenters. The van der Waals surface area contributed by atoms with Gasteiger partial charge in [-0.15, -0.1) is 0 Å². The predicted molar refractivity (Wildman–Crippen MR) is 130 cm³/mol. The highest BCUT2D eigenvalue weighted by Gasteiger charge is 2.33. The summed E-state index contributed by atoms with van der Waals surface area (Å²) >= 11 is 6.01. The molecule has 0 spiro atoms. The molecule has 6 rings (SSSR count). The van der Waals surface area contributed by atoms with E-state index in [2.05, 4.69) is 39.8 Å². The van der Waals surface area contributed by atoms with Crippen LogP contribution in [0, 0.1) is 10.7 Å². The number of aromatic nitrogens is 3. The Morgan fingerprint density at radius 3 is 2.67 bits per heavy atom. The van der Waals surface area contributed by atoms with Gasteiger partial charge in [-0.25, -0.2) is 4.68 Å². The molecule has 3 heterocycles. The molecule has 3 aromatic rings. The van der Waals surface area contributed by atoms with Gasteiger partial charge in [0, 0.05) is 18.2 Å². The van der Waals surface area contributed by atoms with Gasteiger partial charge in [0.25, 0.3) is 0 Å². The van der Waals surface area contributed by atoms with Crippen LogP contribution in [0.2, 0.25) is 0 Å². The van der Waals surface area contributed by atoms with Crippen molar-refractivity contribution >= 4 is 12.2 Å². The molecule has 172 valence electrons. The first-order valence-corrected chi connectivity index (χ1v) is 12.5. The second kappa shape index (κ2) is 8.95. The molecule has 0 unspecified atom stereocenters. The van der Waals surface area contributed by atoms with Crippen LogP contribution in [0.5, 0.6) is 11.5 Å². The molecule has 1 aliphatic carbocycles. The third kappa shape index (κ3) is 4.08. The lowest BCUT2D eigenvalue weighted by molar-refractivity contribution is 0.0323. The van der Waals surface area contributed by atoms with Crippen LogP contribution in [0.15, 0.2) is 48.5 Å². The summed E-state index contributed by atoms with van der Waals surface area (Å²) in [6.07, 6.45) is 8.06. The molecule has 1 saturated carbocycles. The molecular formula is C26H30N4O2S. The van der Waals surface area contributed by atoms with Crippen LogP contribution in [-0.2, 0) is 13.2 Å². The fourth-order valence-electron chi connectivity index (χ4n) is 5.77. The molecular weight excluding hydrogens is 432 g/mol. The van der Waals surface area contributed by atoms with E-state index in [4.69, 9.17) is 26.8 Å². The lowest BCUT2D eigenvalue weighted by atomic mass is 9.78. The average molecular weight is 463 g/mol. The summed E-state index contributed by atoms with van der Waals surface area (Å²) in [6, 6.07) is 17.1. The van der Waals surface area contributed by atoms with Crippen molar-refractivity contribution in [2.75, 3.05) is 13.3 Å². The molecule has 2 aromatic carbocycles. The first kappa shape index (κ1) is 20.9. The van der Waals surface area contributed by atoms with Crippen molar-refractivity contribution in [3.05, 3.63) is 58.9 Å². The van der Waals surface area contributed by atoms with Crippen LogP contribution >= 0.6 is 12.2 Å². The Morgan fingerprint density at radius 2 is 1.76 bits per heavy atom. The second-order valence-corrected chi connectivity index (χ2v) is 9.82. The molecule has 2 aliphatic heterocycles. The molecule has 1 saturated heterocycles. The second-order valence-electron chi connectivity index (χ2n) is 9.45. The number of rotatable bonds is 5. The van der Waals surface area contributed by atoms with E-state index >= 15 is 0 Å². The minimum absolute atomic E-state index is 0.281. The van der Waals surface area contributed by atoms with Gasteiger partial charge in [-0.1, -0.05) is 49.2 Å². The zero-order valence-corrected chi connectivity index (χ0v) is 19.7. The Balaban J connectivity index is 1.34. The lowest BCUT2D eigenvalue weighted by Gasteiger charge is -2.43. The standard InChI is InChI=1S/C26H30N4O2S/c33-26-29(16-19-12-13-23-24(15-19)32-18-31-23)25(21-8-2-1-3-9-21)27-30(26)17-28-14-6-10-20-7-4-5-11-22(20)28/h1-3,8-9,12-13,15,20,22H,4-7,10-11,14,16-18H2/t20-,22+/m0/s1. The van der Waals surface area contributed by atoms with E-state index in [9.17, 15) is 0 Å². The molecule has 2 fully saturated rings. The van der Waals surface area contributed by atoms with E-state index in [0.717, 1.165) is 52.4 Å². The smallest absolute Gasteiger partial charge is 0.231 e. The van der Waals surface area contributed by atoms with E-state index in [1.807, 2.05) is 22.9 Å². The van der Waals surface area contributed by atoms with Crippen molar-refractivity contribution in [3.63, 3.8) is 0 Å². The van der Waals surface area contributed by atoms with Crippen LogP contribution in [0.1, 0.15) is 44.1 Å². The SMILES string of the molecule is S=c1n(CN2CCC[C@@H]3CCCC[C@H]32)nc(-c2ccccc2)n1Cc1ccc2c(c1)OCO2. The number of hydrogen-bond acceptors (Lipinski definition) is 5. The third-order valence-electron chi connectivity index (χ3n) is 7.41. The summed E-state index contributed by atoms with van der Waals surface area (Å²) in [5, 5.41) is 5.06. The fourth-order valence-corrected chi connectivity index (χ4v) is 6.02. The number of hydrogen-bond donors (Lipinski definition) is 0. The number of nitrogens with zero attached hydrogens (tertiary/aromatic N) is 4. The number of benzene rings is 2. The van der Waals surface area contributed by atoms with E-state index in [1.165, 1.54) is 38.5 Å². The molecule has 0 radical (unpaired) electrons. The summed E-state index contributed by atoms with van der Waals surface area (Å²) in [7, 11) is 0. The Morgan fingerprint density at radius 1 is 0.939 bits per heavy atom. The van der Waals surface area contributed by atoms with Gasteiger partial charge in [0.05, 0.1) is 13.2 Å². The van der Waals surface area contributed by atoms with E-state index in [-0.39, 0.29) is 6.79 Å². The molecule has 1 aromatic heterocycles. The minimum atomic E-state index is 0.281. The van der Waals surface area contributed by atoms with Crippen molar-refractivity contribution in [1.82, 2.24) is 19.2 Å². The molecule has 0 N–H and O–H groups in total. The minimum Gasteiger partial charge on any atom is -0.454 e. The van der Waals surface area contributed by atoms with Gasteiger partial charge in [-0.2, -0.15) is 5.10 Å². The zero-order valence-electron chi connectivity index (χ0n) is 18.9. The molecule has 0 amide bonds. The molecule has 33 heavy (non-hydrogen) atoms. The molecule has 6 nitrogen and oxygen atoms in total. The highest BCUT2D eigenvalue weighted by molar-refractivity contribution is 7.71. The Labute approximate surface area is 199 Å². The maximum atomic E-state index is 6.01. The third-order valence-corrected chi connectivity index (χ3v) is 7.84. The van der Waals surface area contributed by atoms with Crippen LogP contribution in [-0.4, -0.2) is 38.6 Å². The molecule has 3 aliphatic rings. The predicted octanol–water partition coefficient (Wildman–Crippen LogP) is 5.47. The van der Waals surface area contributed by atoms with Gasteiger partial charge < -0.3 is 9.47 Å². The van der Waals surface area contributed by atoms with Gasteiger partial charge >= 0.3 is 0 Å². The number of likely N-dealkylation sites (tertiary alicyclic amines) is 1. The fraction of sp³-hybridized carbons (Fsp3) is 0.462. The van der Waals surface area contributed by atoms with Crippen molar-refractivity contribution in [1.29, 1.82) is 0 Å².